The molecule has 0 fully saturated rings. The Balaban J connectivity index is 2.32. The van der Waals surface area contributed by atoms with Gasteiger partial charge in [0.25, 0.3) is 5.91 Å². The number of hydrogen-bond donors (Lipinski definition) is 4. The molecule has 31 heavy (non-hydrogen) atoms. The van der Waals surface area contributed by atoms with Gasteiger partial charge in [-0.1, -0.05) is 35.9 Å². The zero-order chi connectivity index (χ0) is 23.2. The molecule has 0 saturated carbocycles. The Kier molecular flexibility index (Phi) is 7.95. The minimum Gasteiger partial charge on any atom is -0.508 e. The normalized spacial score (nSPS) is 12.3. The number of hydroxylamine groups is 1. The van der Waals surface area contributed by atoms with Crippen molar-refractivity contribution >= 4 is 39.4 Å². The smallest absolute Gasteiger partial charge is 0.412 e. The van der Waals surface area contributed by atoms with Crippen LogP contribution in [0.25, 0.3) is 0 Å². The third-order valence-electron chi connectivity index (χ3n) is 4.48. The third-order valence-corrected chi connectivity index (χ3v) is 4.98. The lowest BCUT2D eigenvalue weighted by atomic mass is 9.81. The monoisotopic (exact) mass is 490 g/mol. The number of Topliss-reactive ketones (excluding diaryl/α,β-unsaturated/α-hetero) is 1. The third kappa shape index (κ3) is 6.66. The van der Waals surface area contributed by atoms with Crippen molar-refractivity contribution in [1.82, 2.24) is 5.48 Å². The Labute approximate surface area is 188 Å². The molecule has 0 radical (unpaired) electrons. The molecule has 2 amide bonds. The Morgan fingerprint density at radius 1 is 1.13 bits per heavy atom. The maximum Gasteiger partial charge on any atom is 0.412 e. The largest absolute Gasteiger partial charge is 0.508 e. The number of phenolic OH excluding ortho intramolecular Hbond substituents is 1. The molecule has 4 N–H and O–H groups in total. The van der Waals surface area contributed by atoms with E-state index in [1.807, 2.05) is 0 Å². The molecule has 0 spiro atoms. The number of benzene rings is 2. The van der Waals surface area contributed by atoms with Gasteiger partial charge in [-0.25, -0.2) is 10.3 Å². The van der Waals surface area contributed by atoms with Gasteiger partial charge in [-0.3, -0.25) is 20.1 Å². The predicted molar refractivity (Wildman–Crippen MR) is 118 cm³/mol. The predicted octanol–water partition coefficient (Wildman–Crippen LogP) is 4.73. The van der Waals surface area contributed by atoms with Gasteiger partial charge in [0.05, 0.1) is 0 Å². The number of phenols is 1. The van der Waals surface area contributed by atoms with Crippen molar-refractivity contribution in [3.63, 3.8) is 0 Å². The Bertz CT molecular complexity index is 1000. The summed E-state index contributed by atoms with van der Waals surface area (Å²) in [4.78, 5) is 35.4. The fraction of sp³-hybridized carbons (Fsp3) is 0.227. The molecule has 2 aromatic carbocycles. The van der Waals surface area contributed by atoms with E-state index in [4.69, 9.17) is 9.94 Å². The van der Waals surface area contributed by atoms with Crippen molar-refractivity contribution in [2.75, 3.05) is 5.32 Å². The fourth-order valence-corrected chi connectivity index (χ4v) is 3.19. The number of hydrogen-bond acceptors (Lipinski definition) is 6. The number of ketones is 1. The van der Waals surface area contributed by atoms with Crippen LogP contribution in [0.4, 0.5) is 10.5 Å². The molecule has 0 aliphatic rings. The molecule has 2 aromatic rings. The van der Waals surface area contributed by atoms with E-state index in [2.05, 4.69) is 21.2 Å². The molecule has 0 heterocycles. The van der Waals surface area contributed by atoms with Crippen LogP contribution in [0.3, 0.4) is 0 Å². The molecule has 1 atom stereocenters. The van der Waals surface area contributed by atoms with Crippen LogP contribution >= 0.6 is 15.9 Å². The van der Waals surface area contributed by atoms with Gasteiger partial charge in [-0.2, -0.15) is 0 Å². The maximum absolute atomic E-state index is 12.6. The number of halogens is 1. The quantitative estimate of drug-likeness (QED) is 0.192. The van der Waals surface area contributed by atoms with E-state index in [0.29, 0.717) is 21.3 Å². The zero-order valence-corrected chi connectivity index (χ0v) is 18.8. The van der Waals surface area contributed by atoms with Crippen molar-refractivity contribution < 1.29 is 29.4 Å². The summed E-state index contributed by atoms with van der Waals surface area (Å²) in [6.45, 7) is 4.85. The highest BCUT2D eigenvalue weighted by Gasteiger charge is 2.34. The summed E-state index contributed by atoms with van der Waals surface area (Å²) in [5.41, 5.74) is 1.77. The lowest BCUT2D eigenvalue weighted by Gasteiger charge is -2.32. The second kappa shape index (κ2) is 10.2. The highest BCUT2D eigenvalue weighted by atomic mass is 79.9. The van der Waals surface area contributed by atoms with Crippen LogP contribution < -0.4 is 10.8 Å². The molecule has 0 saturated heterocycles. The number of aromatic hydroxyl groups is 1. The second-order valence-corrected chi connectivity index (χ2v) is 8.29. The molecule has 8 nitrogen and oxygen atoms in total. The summed E-state index contributed by atoms with van der Waals surface area (Å²) >= 11 is 3.33. The number of anilines is 1. The van der Waals surface area contributed by atoms with Gasteiger partial charge < -0.3 is 9.84 Å². The van der Waals surface area contributed by atoms with E-state index in [9.17, 15) is 19.5 Å². The summed E-state index contributed by atoms with van der Waals surface area (Å²) in [7, 11) is 0. The first kappa shape index (κ1) is 24.1. The first-order chi connectivity index (χ1) is 14.5. The Morgan fingerprint density at radius 2 is 1.77 bits per heavy atom. The van der Waals surface area contributed by atoms with Crippen LogP contribution in [0.15, 0.2) is 59.1 Å². The molecular formula is C22H23BrN2O6. The average molecular weight is 491 g/mol. The van der Waals surface area contributed by atoms with Crippen molar-refractivity contribution in [2.45, 2.75) is 26.9 Å². The lowest BCUT2D eigenvalue weighted by molar-refractivity contribution is -0.124. The summed E-state index contributed by atoms with van der Waals surface area (Å²) in [5, 5.41) is 21.7. The van der Waals surface area contributed by atoms with E-state index >= 15 is 0 Å². The van der Waals surface area contributed by atoms with Gasteiger partial charge >= 0.3 is 6.09 Å². The van der Waals surface area contributed by atoms with Gasteiger partial charge in [-0.15, -0.1) is 0 Å². The first-order valence-electron chi connectivity index (χ1n) is 9.24. The van der Waals surface area contributed by atoms with Gasteiger partial charge in [-0.05, 0) is 49.4 Å². The van der Waals surface area contributed by atoms with Crippen LogP contribution in [0.1, 0.15) is 42.8 Å². The minimum absolute atomic E-state index is 0.0973. The fourth-order valence-electron chi connectivity index (χ4n) is 2.81. The van der Waals surface area contributed by atoms with Crippen LogP contribution in [0.5, 0.6) is 5.75 Å². The molecule has 0 aromatic heterocycles. The van der Waals surface area contributed by atoms with Crippen molar-refractivity contribution in [2.24, 2.45) is 5.41 Å². The standard InChI is InChI=1S/C22H23BrN2O6/c1-13(26)14-4-7-16(8-5-14)24-21(29)31-20(17-12-15(23)6-9-18(17)27)22(2,3)11-10-19(28)25-30/h4-12,20,27,30H,1-3H3,(H,24,29)(H,25,28)/b11-10+/t20-/m0/s1. The van der Waals surface area contributed by atoms with Crippen LogP contribution in [0, 0.1) is 5.41 Å². The molecule has 0 unspecified atom stereocenters. The van der Waals surface area contributed by atoms with E-state index in [0.717, 1.165) is 6.08 Å². The van der Waals surface area contributed by atoms with Crippen LogP contribution in [-0.2, 0) is 9.53 Å². The van der Waals surface area contributed by atoms with Crippen LogP contribution in [-0.4, -0.2) is 28.1 Å². The van der Waals surface area contributed by atoms with Crippen molar-refractivity contribution in [1.29, 1.82) is 0 Å². The van der Waals surface area contributed by atoms with E-state index in [1.54, 1.807) is 50.2 Å². The first-order valence-corrected chi connectivity index (χ1v) is 10.0. The molecule has 9 heteroatoms. The molecule has 0 aliphatic heterocycles. The summed E-state index contributed by atoms with van der Waals surface area (Å²) in [6, 6.07) is 11.0. The van der Waals surface area contributed by atoms with E-state index in [-0.39, 0.29) is 11.5 Å². The SMILES string of the molecule is CC(=O)c1ccc(NC(=O)O[C@@H](c2cc(Br)ccc2O)C(C)(C)/C=C/C(=O)NO)cc1. The number of carbonyl (C=O) groups excluding carboxylic acids is 3. The Morgan fingerprint density at radius 3 is 2.35 bits per heavy atom. The molecule has 164 valence electrons. The molecule has 0 bridgehead atoms. The van der Waals surface area contributed by atoms with Crippen molar-refractivity contribution in [3.8, 4) is 5.75 Å². The van der Waals surface area contributed by atoms with Gasteiger partial charge in [0.2, 0.25) is 0 Å². The Hall–Kier alpha value is -3.17. The number of carbonyl (C=O) groups is 3. The lowest BCUT2D eigenvalue weighted by Crippen LogP contribution is -2.28. The number of ether oxygens (including phenoxy) is 1. The number of nitrogens with one attached hydrogen (secondary N) is 2. The van der Waals surface area contributed by atoms with Crippen molar-refractivity contribution in [3.05, 3.63) is 70.2 Å². The van der Waals surface area contributed by atoms with Gasteiger partial charge in [0.15, 0.2) is 5.78 Å². The van der Waals surface area contributed by atoms with Gasteiger partial charge in [0.1, 0.15) is 11.9 Å². The van der Waals surface area contributed by atoms with E-state index in [1.165, 1.54) is 24.5 Å². The minimum atomic E-state index is -0.996. The molecule has 0 aliphatic carbocycles. The van der Waals surface area contributed by atoms with E-state index < -0.39 is 23.5 Å². The van der Waals surface area contributed by atoms with Gasteiger partial charge in [0, 0.05) is 32.8 Å². The summed E-state index contributed by atoms with van der Waals surface area (Å²) in [6.07, 6.45) is 0.764. The highest BCUT2D eigenvalue weighted by molar-refractivity contribution is 9.10. The molecule has 2 rings (SSSR count). The summed E-state index contributed by atoms with van der Waals surface area (Å²) in [5.74, 6) is -0.944. The summed E-state index contributed by atoms with van der Waals surface area (Å²) < 4.78 is 6.30. The molecular weight excluding hydrogens is 468 g/mol. The maximum atomic E-state index is 12.6. The topological polar surface area (TPSA) is 125 Å². The average Bonchev–Trinajstić information content (AvgIpc) is 2.72. The van der Waals surface area contributed by atoms with Crippen LogP contribution in [0.2, 0.25) is 0 Å². The second-order valence-electron chi connectivity index (χ2n) is 7.38. The zero-order valence-electron chi connectivity index (χ0n) is 17.2. The highest BCUT2D eigenvalue weighted by Crippen LogP contribution is 2.42. The number of amides is 2. The number of rotatable bonds is 7.